The Balaban J connectivity index is 1.89. The number of aliphatic carboxylic acids is 1. The van der Waals surface area contributed by atoms with E-state index in [0.29, 0.717) is 5.92 Å². The van der Waals surface area contributed by atoms with Crippen molar-refractivity contribution in [1.82, 2.24) is 10.2 Å². The van der Waals surface area contributed by atoms with Crippen LogP contribution in [0.5, 0.6) is 0 Å². The number of carbonyl (C=O) groups excluding carboxylic acids is 1. The minimum Gasteiger partial charge on any atom is -0.480 e. The number of carboxylic acid groups (broad SMARTS) is 1. The summed E-state index contributed by atoms with van der Waals surface area (Å²) < 4.78 is 0. The number of carbonyl (C=O) groups is 2. The molecule has 0 radical (unpaired) electrons. The third-order valence-electron chi connectivity index (χ3n) is 4.29. The summed E-state index contributed by atoms with van der Waals surface area (Å²) in [5.41, 5.74) is 0. The SMILES string of the molecule is CC1CCC(NC(=O)N(CC(=O)O)C2CC2)C(C)C1. The average molecular weight is 268 g/mol. The van der Waals surface area contributed by atoms with Gasteiger partial charge < -0.3 is 15.3 Å². The molecular weight excluding hydrogens is 244 g/mol. The second-order valence-electron chi connectivity index (χ2n) is 6.20. The number of carboxylic acids is 1. The van der Waals surface area contributed by atoms with Gasteiger partial charge in [0.2, 0.25) is 0 Å². The molecule has 2 aliphatic carbocycles. The maximum absolute atomic E-state index is 12.2. The monoisotopic (exact) mass is 268 g/mol. The van der Waals surface area contributed by atoms with Crippen LogP contribution in [0.2, 0.25) is 0 Å². The van der Waals surface area contributed by atoms with E-state index in [-0.39, 0.29) is 24.7 Å². The van der Waals surface area contributed by atoms with Crippen LogP contribution in [0.4, 0.5) is 4.79 Å². The number of urea groups is 1. The van der Waals surface area contributed by atoms with Gasteiger partial charge in [-0.3, -0.25) is 4.79 Å². The zero-order valence-corrected chi connectivity index (χ0v) is 11.8. The molecule has 0 aliphatic heterocycles. The molecule has 0 bridgehead atoms. The summed E-state index contributed by atoms with van der Waals surface area (Å²) in [6.45, 7) is 4.22. The van der Waals surface area contributed by atoms with E-state index in [2.05, 4.69) is 19.2 Å². The van der Waals surface area contributed by atoms with E-state index in [4.69, 9.17) is 5.11 Å². The molecule has 0 spiro atoms. The second kappa shape index (κ2) is 5.80. The lowest BCUT2D eigenvalue weighted by Gasteiger charge is -2.34. The third kappa shape index (κ3) is 3.85. The Morgan fingerprint density at radius 1 is 1.21 bits per heavy atom. The van der Waals surface area contributed by atoms with Crippen LogP contribution in [0, 0.1) is 11.8 Å². The number of rotatable bonds is 4. The molecule has 2 amide bonds. The van der Waals surface area contributed by atoms with Crippen molar-refractivity contribution in [1.29, 1.82) is 0 Å². The van der Waals surface area contributed by atoms with Crippen LogP contribution in [-0.2, 0) is 4.79 Å². The smallest absolute Gasteiger partial charge is 0.323 e. The lowest BCUT2D eigenvalue weighted by Crippen LogP contribution is -2.50. The summed E-state index contributed by atoms with van der Waals surface area (Å²) in [6.07, 6.45) is 5.13. The van der Waals surface area contributed by atoms with E-state index in [1.54, 1.807) is 0 Å². The molecule has 2 N–H and O–H groups in total. The minimum atomic E-state index is -0.938. The average Bonchev–Trinajstić information content (AvgIpc) is 3.13. The second-order valence-corrected chi connectivity index (χ2v) is 6.20. The first-order valence-electron chi connectivity index (χ1n) is 7.26. The number of hydrogen-bond acceptors (Lipinski definition) is 2. The Kier molecular flexibility index (Phi) is 4.32. The molecule has 2 aliphatic rings. The molecule has 3 atom stereocenters. The normalized spacial score (nSPS) is 30.7. The molecule has 0 aromatic heterocycles. The van der Waals surface area contributed by atoms with Crippen LogP contribution >= 0.6 is 0 Å². The van der Waals surface area contributed by atoms with Crippen molar-refractivity contribution in [2.45, 2.75) is 58.0 Å². The first kappa shape index (κ1) is 14.2. The van der Waals surface area contributed by atoms with Gasteiger partial charge >= 0.3 is 12.0 Å². The van der Waals surface area contributed by atoms with Crippen molar-refractivity contribution in [3.63, 3.8) is 0 Å². The maximum Gasteiger partial charge on any atom is 0.323 e. The predicted molar refractivity (Wildman–Crippen MR) is 71.9 cm³/mol. The summed E-state index contributed by atoms with van der Waals surface area (Å²) in [5, 5.41) is 11.9. The third-order valence-corrected chi connectivity index (χ3v) is 4.29. The molecule has 0 aromatic rings. The van der Waals surface area contributed by atoms with Gasteiger partial charge in [-0.05, 0) is 43.9 Å². The minimum absolute atomic E-state index is 0.133. The van der Waals surface area contributed by atoms with Crippen LogP contribution in [0.25, 0.3) is 0 Å². The molecule has 2 fully saturated rings. The van der Waals surface area contributed by atoms with Gasteiger partial charge in [-0.2, -0.15) is 0 Å². The summed E-state index contributed by atoms with van der Waals surface area (Å²) in [6, 6.07) is 0.129. The summed E-state index contributed by atoms with van der Waals surface area (Å²) >= 11 is 0. The highest BCUT2D eigenvalue weighted by Crippen LogP contribution is 2.30. The molecule has 0 aromatic carbocycles. The fourth-order valence-electron chi connectivity index (χ4n) is 3.02. The quantitative estimate of drug-likeness (QED) is 0.820. The molecule has 0 heterocycles. The highest BCUT2D eigenvalue weighted by molar-refractivity contribution is 5.80. The number of amides is 2. The van der Waals surface area contributed by atoms with E-state index in [1.807, 2.05) is 0 Å². The van der Waals surface area contributed by atoms with Crippen LogP contribution in [-0.4, -0.2) is 40.6 Å². The fraction of sp³-hybridized carbons (Fsp3) is 0.857. The van der Waals surface area contributed by atoms with E-state index in [9.17, 15) is 9.59 Å². The molecule has 3 unspecified atom stereocenters. The predicted octanol–water partition coefficient (Wildman–Crippen LogP) is 2.07. The van der Waals surface area contributed by atoms with Gasteiger partial charge in [0.1, 0.15) is 6.54 Å². The number of nitrogens with zero attached hydrogens (tertiary/aromatic N) is 1. The molecule has 108 valence electrons. The van der Waals surface area contributed by atoms with Crippen molar-refractivity contribution in [2.24, 2.45) is 11.8 Å². The Labute approximate surface area is 114 Å². The summed E-state index contributed by atoms with van der Waals surface area (Å²) in [7, 11) is 0. The first-order chi connectivity index (χ1) is 8.97. The Morgan fingerprint density at radius 3 is 2.42 bits per heavy atom. The van der Waals surface area contributed by atoms with Gasteiger partial charge in [0.15, 0.2) is 0 Å². The van der Waals surface area contributed by atoms with Crippen molar-refractivity contribution in [3.05, 3.63) is 0 Å². The van der Waals surface area contributed by atoms with Gasteiger partial charge in [0.05, 0.1) is 0 Å². The van der Waals surface area contributed by atoms with Gasteiger partial charge in [-0.15, -0.1) is 0 Å². The van der Waals surface area contributed by atoms with Crippen molar-refractivity contribution >= 4 is 12.0 Å². The van der Waals surface area contributed by atoms with Gasteiger partial charge in [-0.25, -0.2) is 4.79 Å². The zero-order chi connectivity index (χ0) is 14.0. The maximum atomic E-state index is 12.2. The molecule has 5 nitrogen and oxygen atoms in total. The van der Waals surface area contributed by atoms with Gasteiger partial charge in [0, 0.05) is 12.1 Å². The van der Waals surface area contributed by atoms with Crippen LogP contribution in [0.1, 0.15) is 46.0 Å². The zero-order valence-electron chi connectivity index (χ0n) is 11.8. The molecule has 19 heavy (non-hydrogen) atoms. The summed E-state index contributed by atoms with van der Waals surface area (Å²) in [4.78, 5) is 24.5. The Hall–Kier alpha value is -1.26. The van der Waals surface area contributed by atoms with E-state index >= 15 is 0 Å². The van der Waals surface area contributed by atoms with E-state index in [1.165, 1.54) is 4.90 Å². The first-order valence-corrected chi connectivity index (χ1v) is 7.26. The van der Waals surface area contributed by atoms with Gasteiger partial charge in [0.25, 0.3) is 0 Å². The lowest BCUT2D eigenvalue weighted by atomic mass is 9.80. The van der Waals surface area contributed by atoms with E-state index in [0.717, 1.165) is 38.0 Å². The highest BCUT2D eigenvalue weighted by atomic mass is 16.4. The molecule has 5 heteroatoms. The fourth-order valence-corrected chi connectivity index (χ4v) is 3.02. The summed E-state index contributed by atoms with van der Waals surface area (Å²) in [5.74, 6) is 0.257. The molecule has 0 saturated heterocycles. The number of hydrogen-bond donors (Lipinski definition) is 2. The number of nitrogens with one attached hydrogen (secondary N) is 1. The Morgan fingerprint density at radius 2 is 1.89 bits per heavy atom. The topological polar surface area (TPSA) is 69.6 Å². The molecular formula is C14H24N2O3. The Bertz CT molecular complexity index is 355. The van der Waals surface area contributed by atoms with Crippen molar-refractivity contribution in [2.75, 3.05) is 6.54 Å². The van der Waals surface area contributed by atoms with E-state index < -0.39 is 5.97 Å². The standard InChI is InChI=1S/C14H24N2O3/c1-9-3-6-12(10(2)7-9)15-14(19)16(8-13(17)18)11-4-5-11/h9-12H,3-8H2,1-2H3,(H,15,19)(H,17,18). The largest absolute Gasteiger partial charge is 0.480 e. The lowest BCUT2D eigenvalue weighted by molar-refractivity contribution is -0.137. The highest BCUT2D eigenvalue weighted by Gasteiger charge is 2.35. The molecule has 2 rings (SSSR count). The van der Waals surface area contributed by atoms with Crippen molar-refractivity contribution in [3.8, 4) is 0 Å². The molecule has 2 saturated carbocycles. The van der Waals surface area contributed by atoms with Crippen molar-refractivity contribution < 1.29 is 14.7 Å². The van der Waals surface area contributed by atoms with Crippen LogP contribution in [0.3, 0.4) is 0 Å². The van der Waals surface area contributed by atoms with Crippen LogP contribution < -0.4 is 5.32 Å². The van der Waals surface area contributed by atoms with Gasteiger partial charge in [-0.1, -0.05) is 13.8 Å². The van der Waals surface area contributed by atoms with Crippen LogP contribution in [0.15, 0.2) is 0 Å².